The van der Waals surface area contributed by atoms with E-state index >= 15 is 0 Å². The minimum absolute atomic E-state index is 0.0477. The molecule has 0 aliphatic rings. The Balaban J connectivity index is 2.03. The van der Waals surface area contributed by atoms with Crippen molar-refractivity contribution in [2.45, 2.75) is 13.8 Å². The van der Waals surface area contributed by atoms with Crippen molar-refractivity contribution in [1.82, 2.24) is 4.98 Å². The van der Waals surface area contributed by atoms with Crippen LogP contribution in [0.15, 0.2) is 65.9 Å². The van der Waals surface area contributed by atoms with Gasteiger partial charge in [-0.2, -0.15) is 0 Å². The number of hydrogen-bond acceptors (Lipinski definition) is 7. The van der Waals surface area contributed by atoms with Gasteiger partial charge in [0.1, 0.15) is 0 Å². The molecule has 0 saturated heterocycles. The zero-order chi connectivity index (χ0) is 24.0. The van der Waals surface area contributed by atoms with Gasteiger partial charge in [-0.05, 0) is 36.4 Å². The molecule has 0 saturated carbocycles. The third kappa shape index (κ3) is 6.24. The molecule has 3 aromatic rings. The maximum Gasteiger partial charge on any atom is 0.345 e. The maximum atomic E-state index is 12.6. The second kappa shape index (κ2) is 10.5. The fraction of sp³-hybridized carbons (Fsp3) is 0.125. The van der Waals surface area contributed by atoms with Crippen molar-refractivity contribution < 1.29 is 29.0 Å². The molecule has 0 radical (unpaired) electrons. The lowest BCUT2D eigenvalue weighted by Gasteiger charge is -2.15. The van der Waals surface area contributed by atoms with Gasteiger partial charge in [0, 0.05) is 35.3 Å². The van der Waals surface area contributed by atoms with Crippen LogP contribution in [0.25, 0.3) is 0 Å². The average Bonchev–Trinajstić information content (AvgIpc) is 2.80. The summed E-state index contributed by atoms with van der Waals surface area (Å²) >= 11 is 6.22. The van der Waals surface area contributed by atoms with E-state index in [2.05, 4.69) is 9.98 Å². The summed E-state index contributed by atoms with van der Waals surface area (Å²) in [5.41, 5.74) is 0.865. The number of hydrogen-bond donors (Lipinski definition) is 1. The van der Waals surface area contributed by atoms with Crippen molar-refractivity contribution in [2.75, 3.05) is 0 Å². The number of pyridine rings is 1. The van der Waals surface area contributed by atoms with Crippen molar-refractivity contribution in [2.24, 2.45) is 10.9 Å². The number of halogens is 1. The lowest BCUT2D eigenvalue weighted by molar-refractivity contribution is -0.137. The number of rotatable bonds is 7. The fourth-order valence-electron chi connectivity index (χ4n) is 2.59. The molecule has 0 atom stereocenters. The number of carboxylic acids is 1. The topological polar surface area (TPSA) is 115 Å². The minimum atomic E-state index is -1.09. The molecule has 0 amide bonds. The van der Waals surface area contributed by atoms with E-state index in [1.54, 1.807) is 32.0 Å². The molecule has 1 aromatic heterocycles. The molecule has 0 aliphatic carbocycles. The van der Waals surface area contributed by atoms with E-state index in [0.29, 0.717) is 5.69 Å². The molecular formula is C24H19ClN2O6. The SMILES string of the molecule is CC(C)C(=O)Oc1c(C=Nc2cccc(C(=O)O)c2)cc(Cl)cc1OC(=O)c1cccnc1. The Hall–Kier alpha value is -4.04. The first-order valence-corrected chi connectivity index (χ1v) is 10.2. The Bertz CT molecular complexity index is 1220. The molecule has 0 spiro atoms. The number of esters is 2. The van der Waals surface area contributed by atoms with Crippen molar-refractivity contribution in [3.63, 3.8) is 0 Å². The van der Waals surface area contributed by atoms with Crippen molar-refractivity contribution in [3.8, 4) is 11.5 Å². The zero-order valence-electron chi connectivity index (χ0n) is 17.7. The summed E-state index contributed by atoms with van der Waals surface area (Å²) in [6.07, 6.45) is 4.20. The van der Waals surface area contributed by atoms with E-state index in [-0.39, 0.29) is 33.2 Å². The van der Waals surface area contributed by atoms with Gasteiger partial charge < -0.3 is 14.6 Å². The molecule has 0 unspecified atom stereocenters. The summed E-state index contributed by atoms with van der Waals surface area (Å²) in [6.45, 7) is 3.31. The van der Waals surface area contributed by atoms with Crippen LogP contribution < -0.4 is 9.47 Å². The average molecular weight is 467 g/mol. The van der Waals surface area contributed by atoms with Crippen molar-refractivity contribution in [3.05, 3.63) is 82.6 Å². The molecule has 1 heterocycles. The summed E-state index contributed by atoms with van der Waals surface area (Å²) in [5, 5.41) is 9.36. The van der Waals surface area contributed by atoms with Gasteiger partial charge in [0.15, 0.2) is 11.5 Å². The van der Waals surface area contributed by atoms with Crippen LogP contribution in [0.3, 0.4) is 0 Å². The number of aromatic nitrogens is 1. The van der Waals surface area contributed by atoms with E-state index in [9.17, 15) is 14.4 Å². The predicted molar refractivity (Wildman–Crippen MR) is 122 cm³/mol. The third-order valence-corrected chi connectivity index (χ3v) is 4.49. The van der Waals surface area contributed by atoms with E-state index in [1.807, 2.05) is 0 Å². The van der Waals surface area contributed by atoms with Crippen LogP contribution in [0.5, 0.6) is 11.5 Å². The Morgan fingerprint density at radius 3 is 2.48 bits per heavy atom. The highest BCUT2D eigenvalue weighted by Gasteiger charge is 2.21. The van der Waals surface area contributed by atoms with E-state index in [4.69, 9.17) is 26.2 Å². The monoisotopic (exact) mass is 466 g/mol. The summed E-state index contributed by atoms with van der Waals surface area (Å²) in [4.78, 5) is 44.2. The second-order valence-electron chi connectivity index (χ2n) is 7.14. The van der Waals surface area contributed by atoms with Gasteiger partial charge in [0.2, 0.25) is 0 Å². The number of carboxylic acid groups (broad SMARTS) is 1. The molecule has 3 rings (SSSR count). The van der Waals surface area contributed by atoms with Gasteiger partial charge in [-0.15, -0.1) is 0 Å². The molecule has 0 fully saturated rings. The molecule has 0 bridgehead atoms. The van der Waals surface area contributed by atoms with Crippen molar-refractivity contribution >= 4 is 41.4 Å². The highest BCUT2D eigenvalue weighted by atomic mass is 35.5. The normalized spacial score (nSPS) is 10.9. The number of ether oxygens (including phenoxy) is 2. The molecule has 8 nitrogen and oxygen atoms in total. The van der Waals surface area contributed by atoms with Gasteiger partial charge >= 0.3 is 17.9 Å². The van der Waals surface area contributed by atoms with E-state index in [0.717, 1.165) is 0 Å². The van der Waals surface area contributed by atoms with Crippen LogP contribution >= 0.6 is 11.6 Å². The molecule has 33 heavy (non-hydrogen) atoms. The van der Waals surface area contributed by atoms with Crippen molar-refractivity contribution in [1.29, 1.82) is 0 Å². The van der Waals surface area contributed by atoms with Gasteiger partial charge in [-0.25, -0.2) is 9.59 Å². The zero-order valence-corrected chi connectivity index (χ0v) is 18.4. The second-order valence-corrected chi connectivity index (χ2v) is 7.58. The highest BCUT2D eigenvalue weighted by molar-refractivity contribution is 6.31. The summed E-state index contributed by atoms with van der Waals surface area (Å²) < 4.78 is 11.0. The number of nitrogens with zero attached hydrogens (tertiary/aromatic N) is 2. The van der Waals surface area contributed by atoms with Crippen LogP contribution in [0.1, 0.15) is 40.1 Å². The maximum absolute atomic E-state index is 12.6. The lowest BCUT2D eigenvalue weighted by atomic mass is 10.1. The summed E-state index contributed by atoms with van der Waals surface area (Å²) in [7, 11) is 0. The lowest BCUT2D eigenvalue weighted by Crippen LogP contribution is -2.17. The molecule has 168 valence electrons. The third-order valence-electron chi connectivity index (χ3n) is 4.27. The van der Waals surface area contributed by atoms with Crippen LogP contribution in [0.4, 0.5) is 5.69 Å². The largest absolute Gasteiger partial charge is 0.478 e. The summed E-state index contributed by atoms with van der Waals surface area (Å²) in [5.74, 6) is -2.95. The molecular weight excluding hydrogens is 448 g/mol. The van der Waals surface area contributed by atoms with Crippen LogP contribution in [-0.2, 0) is 4.79 Å². The van der Waals surface area contributed by atoms with Gasteiger partial charge in [0.05, 0.1) is 22.7 Å². The predicted octanol–water partition coefficient (Wildman–Crippen LogP) is 4.96. The quantitative estimate of drug-likeness (QED) is 0.297. The van der Waals surface area contributed by atoms with Gasteiger partial charge in [-0.3, -0.25) is 14.8 Å². The Morgan fingerprint density at radius 1 is 1.06 bits per heavy atom. The number of carbonyl (C=O) groups excluding carboxylic acids is 2. The summed E-state index contributed by atoms with van der Waals surface area (Å²) in [6, 6.07) is 11.9. The fourth-order valence-corrected chi connectivity index (χ4v) is 2.81. The smallest absolute Gasteiger partial charge is 0.345 e. The number of aliphatic imine (C=N–C) groups is 1. The Kier molecular flexibility index (Phi) is 7.53. The molecule has 2 aromatic carbocycles. The number of benzene rings is 2. The van der Waals surface area contributed by atoms with Gasteiger partial charge in [-0.1, -0.05) is 31.5 Å². The highest BCUT2D eigenvalue weighted by Crippen LogP contribution is 2.35. The Morgan fingerprint density at radius 2 is 1.82 bits per heavy atom. The van der Waals surface area contributed by atoms with E-state index < -0.39 is 23.8 Å². The number of carbonyl (C=O) groups is 3. The standard InChI is InChI=1S/C24H19ClN2O6/c1-14(2)23(30)33-21-17(13-27-19-7-3-5-15(10-19)22(28)29)9-18(25)11-20(21)32-24(31)16-6-4-8-26-12-16/h3-14H,1-2H3,(H,28,29). The number of aromatic carboxylic acids is 1. The molecule has 1 N–H and O–H groups in total. The molecule has 0 aliphatic heterocycles. The molecule has 9 heteroatoms. The van der Waals surface area contributed by atoms with Gasteiger partial charge in [0.25, 0.3) is 0 Å². The minimum Gasteiger partial charge on any atom is -0.478 e. The first-order valence-electron chi connectivity index (χ1n) is 9.79. The van der Waals surface area contributed by atoms with Crippen LogP contribution in [-0.4, -0.2) is 34.2 Å². The van der Waals surface area contributed by atoms with Crippen LogP contribution in [0.2, 0.25) is 5.02 Å². The first kappa shape index (κ1) is 23.6. The first-order chi connectivity index (χ1) is 15.7. The van der Waals surface area contributed by atoms with E-state index in [1.165, 1.54) is 48.9 Å². The Labute approximate surface area is 194 Å². The van der Waals surface area contributed by atoms with Crippen LogP contribution in [0, 0.1) is 5.92 Å².